The van der Waals surface area contributed by atoms with Crippen molar-refractivity contribution in [1.29, 1.82) is 0 Å². The second-order valence-corrected chi connectivity index (χ2v) is 22.0. The van der Waals surface area contributed by atoms with Crippen LogP contribution in [-0.4, -0.2) is 37.2 Å². The monoisotopic (exact) mass is 1100 g/mol. The van der Waals surface area contributed by atoms with E-state index in [9.17, 15) is 14.4 Å². The van der Waals surface area contributed by atoms with Crippen molar-refractivity contribution in [2.45, 2.75) is 322 Å². The Morgan fingerprint density at radius 2 is 0.494 bits per heavy atom. The maximum absolute atomic E-state index is 12.9. The number of esters is 3. The van der Waals surface area contributed by atoms with Crippen molar-refractivity contribution in [1.82, 2.24) is 0 Å². The van der Waals surface area contributed by atoms with E-state index in [1.54, 1.807) is 0 Å². The molecule has 0 radical (unpaired) electrons. The third-order valence-corrected chi connectivity index (χ3v) is 14.3. The summed E-state index contributed by atoms with van der Waals surface area (Å²) >= 11 is 0. The molecule has 0 aliphatic rings. The van der Waals surface area contributed by atoms with Gasteiger partial charge in [0.15, 0.2) is 6.10 Å². The van der Waals surface area contributed by atoms with Crippen molar-refractivity contribution >= 4 is 17.9 Å². The van der Waals surface area contributed by atoms with E-state index in [4.69, 9.17) is 14.2 Å². The lowest BCUT2D eigenvalue weighted by Gasteiger charge is -2.18. The Kier molecular flexibility index (Phi) is 63.3. The topological polar surface area (TPSA) is 78.9 Å². The number of ether oxygens (including phenoxy) is 3. The molecule has 6 heteroatoms. The first-order chi connectivity index (χ1) is 39.0. The Bertz CT molecular complexity index is 1590. The zero-order chi connectivity index (χ0) is 57.1. The van der Waals surface area contributed by atoms with E-state index in [2.05, 4.69) is 130 Å². The molecule has 1 unspecified atom stereocenters. The van der Waals surface area contributed by atoms with Gasteiger partial charge in [-0.15, -0.1) is 0 Å². The maximum atomic E-state index is 12.9. The Balaban J connectivity index is 4.12. The fraction of sp³-hybridized carbons (Fsp3) is 0.712. The molecule has 0 aromatic carbocycles. The number of rotatable bonds is 60. The summed E-state index contributed by atoms with van der Waals surface area (Å²) in [5, 5.41) is 0. The SMILES string of the molecule is CC/C=C\C/C=C\C/C=C\C/C=C\C/C=C\C/C=C\C/C=C\CCCCCCCCCCCCCCCC(=O)OCC(COC(=O)CCCCCCCCCCC)OC(=O)CCCCCCCCC/C=C\C/C=C\CCCCC. The van der Waals surface area contributed by atoms with E-state index >= 15 is 0 Å². The van der Waals surface area contributed by atoms with E-state index in [0.29, 0.717) is 19.3 Å². The number of unbranched alkanes of at least 4 members (excludes halogenated alkanes) is 31. The lowest BCUT2D eigenvalue weighted by Crippen LogP contribution is -2.30. The van der Waals surface area contributed by atoms with Crippen molar-refractivity contribution in [2.24, 2.45) is 0 Å². The van der Waals surface area contributed by atoms with Crippen LogP contribution in [-0.2, 0) is 28.6 Å². The quantitative estimate of drug-likeness (QED) is 0.0261. The van der Waals surface area contributed by atoms with Gasteiger partial charge in [-0.3, -0.25) is 14.4 Å². The molecule has 0 fully saturated rings. The van der Waals surface area contributed by atoms with Crippen LogP contribution in [0.2, 0.25) is 0 Å². The van der Waals surface area contributed by atoms with E-state index in [-0.39, 0.29) is 31.1 Å². The molecule has 0 bridgehead atoms. The van der Waals surface area contributed by atoms with Gasteiger partial charge in [0.2, 0.25) is 0 Å². The largest absolute Gasteiger partial charge is 0.462 e. The molecule has 0 rings (SSSR count). The smallest absolute Gasteiger partial charge is 0.306 e. The summed E-state index contributed by atoms with van der Waals surface area (Å²) in [6.07, 6.45) is 91.2. The highest BCUT2D eigenvalue weighted by Gasteiger charge is 2.19. The van der Waals surface area contributed by atoms with E-state index in [0.717, 1.165) is 116 Å². The summed E-state index contributed by atoms with van der Waals surface area (Å²) in [6, 6.07) is 0. The minimum Gasteiger partial charge on any atom is -0.462 e. The van der Waals surface area contributed by atoms with Gasteiger partial charge in [-0.25, -0.2) is 0 Å². The predicted octanol–water partition coefficient (Wildman–Crippen LogP) is 23.0. The third-order valence-electron chi connectivity index (χ3n) is 14.3. The van der Waals surface area contributed by atoms with Gasteiger partial charge in [-0.1, -0.05) is 297 Å². The molecule has 452 valence electrons. The molecular formula is C73H124O6. The average molecular weight is 1100 g/mol. The highest BCUT2D eigenvalue weighted by molar-refractivity contribution is 5.71. The van der Waals surface area contributed by atoms with Crippen molar-refractivity contribution in [3.05, 3.63) is 109 Å². The number of carbonyl (C=O) groups is 3. The van der Waals surface area contributed by atoms with Crippen LogP contribution in [0.3, 0.4) is 0 Å². The van der Waals surface area contributed by atoms with Crippen LogP contribution < -0.4 is 0 Å². The zero-order valence-electron chi connectivity index (χ0n) is 51.9. The molecule has 0 aliphatic carbocycles. The van der Waals surface area contributed by atoms with Crippen LogP contribution in [0.25, 0.3) is 0 Å². The minimum atomic E-state index is -0.780. The predicted molar refractivity (Wildman–Crippen MR) is 343 cm³/mol. The lowest BCUT2D eigenvalue weighted by atomic mass is 10.0. The van der Waals surface area contributed by atoms with Gasteiger partial charge in [-0.05, 0) is 109 Å². The lowest BCUT2D eigenvalue weighted by molar-refractivity contribution is -0.167. The van der Waals surface area contributed by atoms with Gasteiger partial charge in [0.1, 0.15) is 13.2 Å². The van der Waals surface area contributed by atoms with Crippen molar-refractivity contribution in [3.63, 3.8) is 0 Å². The Hall–Kier alpha value is -3.93. The van der Waals surface area contributed by atoms with Crippen LogP contribution in [0.4, 0.5) is 0 Å². The number of allylic oxidation sites excluding steroid dienone is 18. The first-order valence-corrected chi connectivity index (χ1v) is 33.4. The normalized spacial score (nSPS) is 12.8. The number of carbonyl (C=O) groups excluding carboxylic acids is 3. The standard InChI is InChI=1S/C73H124O6/c1-4-7-10-13-16-19-21-23-25-27-28-29-30-31-32-33-34-35-36-37-38-39-40-41-42-43-44-46-47-49-51-54-57-60-63-66-72(75)78-69-70(68-77-71(74)65-62-59-56-53-18-15-12-9-6-3)79-73(76)67-64-61-58-55-52-50-48-45-26-24-22-20-17-14-11-8-5-2/h7,10,16-17,19-20,23-26,28-29,31-32,34-35,37-38,70H,4-6,8-9,11-15,18,21-22,27,30,33,36,39-69H2,1-3H3/b10-7-,19-16-,20-17-,25-23-,26-24-,29-28-,32-31-,35-34-,38-37-. The van der Waals surface area contributed by atoms with Gasteiger partial charge in [0.05, 0.1) is 0 Å². The highest BCUT2D eigenvalue weighted by Crippen LogP contribution is 2.16. The summed E-state index contributed by atoms with van der Waals surface area (Å²) in [7, 11) is 0. The van der Waals surface area contributed by atoms with Crippen molar-refractivity contribution in [3.8, 4) is 0 Å². The fourth-order valence-electron chi connectivity index (χ4n) is 9.28. The molecule has 0 saturated heterocycles. The Labute approximate surface area is 489 Å². The molecule has 0 aliphatic heterocycles. The molecule has 0 amide bonds. The average Bonchev–Trinajstić information content (AvgIpc) is 3.45. The van der Waals surface area contributed by atoms with Gasteiger partial charge in [-0.2, -0.15) is 0 Å². The molecule has 79 heavy (non-hydrogen) atoms. The minimum absolute atomic E-state index is 0.0780. The molecular weight excluding hydrogens is 973 g/mol. The van der Waals surface area contributed by atoms with Crippen molar-refractivity contribution < 1.29 is 28.6 Å². The number of hydrogen-bond acceptors (Lipinski definition) is 6. The second-order valence-electron chi connectivity index (χ2n) is 22.0. The molecule has 0 spiro atoms. The molecule has 0 heterocycles. The highest BCUT2D eigenvalue weighted by atomic mass is 16.6. The Morgan fingerprint density at radius 1 is 0.266 bits per heavy atom. The van der Waals surface area contributed by atoms with Crippen LogP contribution in [0.1, 0.15) is 316 Å². The van der Waals surface area contributed by atoms with E-state index < -0.39 is 6.10 Å². The van der Waals surface area contributed by atoms with Crippen LogP contribution >= 0.6 is 0 Å². The second kappa shape index (κ2) is 66.6. The fourth-order valence-corrected chi connectivity index (χ4v) is 9.28. The van der Waals surface area contributed by atoms with Crippen molar-refractivity contribution in [2.75, 3.05) is 13.2 Å². The molecule has 1 atom stereocenters. The van der Waals surface area contributed by atoms with Gasteiger partial charge in [0.25, 0.3) is 0 Å². The molecule has 0 N–H and O–H groups in total. The number of hydrogen-bond donors (Lipinski definition) is 0. The van der Waals surface area contributed by atoms with Crippen LogP contribution in [0, 0.1) is 0 Å². The van der Waals surface area contributed by atoms with Gasteiger partial charge < -0.3 is 14.2 Å². The van der Waals surface area contributed by atoms with Gasteiger partial charge in [0, 0.05) is 19.3 Å². The third kappa shape index (κ3) is 64.8. The summed E-state index contributed by atoms with van der Waals surface area (Å²) in [4.78, 5) is 38.2. The zero-order valence-corrected chi connectivity index (χ0v) is 51.9. The van der Waals surface area contributed by atoms with E-state index in [1.807, 2.05) is 0 Å². The van der Waals surface area contributed by atoms with Crippen LogP contribution in [0.15, 0.2) is 109 Å². The van der Waals surface area contributed by atoms with E-state index in [1.165, 1.54) is 161 Å². The maximum Gasteiger partial charge on any atom is 0.306 e. The molecule has 0 aromatic rings. The summed E-state index contributed by atoms with van der Waals surface area (Å²) in [5.41, 5.74) is 0. The first kappa shape index (κ1) is 75.1. The van der Waals surface area contributed by atoms with Crippen LogP contribution in [0.5, 0.6) is 0 Å². The summed E-state index contributed by atoms with van der Waals surface area (Å²) in [6.45, 7) is 6.49. The molecule has 0 saturated carbocycles. The Morgan fingerprint density at radius 3 is 0.797 bits per heavy atom. The molecule has 6 nitrogen and oxygen atoms in total. The van der Waals surface area contributed by atoms with Gasteiger partial charge >= 0.3 is 17.9 Å². The summed E-state index contributed by atoms with van der Waals surface area (Å²) < 4.78 is 16.9. The first-order valence-electron chi connectivity index (χ1n) is 33.4. The summed E-state index contributed by atoms with van der Waals surface area (Å²) in [5.74, 6) is -0.881. The molecule has 0 aromatic heterocycles.